The number of carbonyl (C=O) groups is 1. The Morgan fingerprint density at radius 3 is 2.50 bits per heavy atom. The predicted molar refractivity (Wildman–Crippen MR) is 74.4 cm³/mol. The van der Waals surface area contributed by atoms with Crippen LogP contribution in [0.1, 0.15) is 52.4 Å². The molecule has 1 amide bonds. The van der Waals surface area contributed by atoms with E-state index < -0.39 is 0 Å². The second-order valence-corrected chi connectivity index (χ2v) is 6.49. The number of nitrogens with one attached hydrogen (secondary N) is 1. The number of rotatable bonds is 3. The molecule has 2 rings (SSSR count). The summed E-state index contributed by atoms with van der Waals surface area (Å²) < 4.78 is 0. The molecular formula is C15H28N2O. The topological polar surface area (TPSA) is 32.3 Å². The molecule has 1 saturated heterocycles. The van der Waals surface area contributed by atoms with Crippen molar-refractivity contribution in [1.29, 1.82) is 0 Å². The summed E-state index contributed by atoms with van der Waals surface area (Å²) in [4.78, 5) is 14.3. The van der Waals surface area contributed by atoms with Crippen LogP contribution in [0.15, 0.2) is 0 Å². The highest BCUT2D eigenvalue weighted by Crippen LogP contribution is 2.23. The van der Waals surface area contributed by atoms with Crippen LogP contribution >= 0.6 is 0 Å². The van der Waals surface area contributed by atoms with E-state index in [1.54, 1.807) is 0 Å². The van der Waals surface area contributed by atoms with Crippen molar-refractivity contribution in [3.05, 3.63) is 0 Å². The molecule has 104 valence electrons. The van der Waals surface area contributed by atoms with Gasteiger partial charge in [-0.3, -0.25) is 9.69 Å². The van der Waals surface area contributed by atoms with Crippen molar-refractivity contribution in [1.82, 2.24) is 10.2 Å². The fourth-order valence-electron chi connectivity index (χ4n) is 3.26. The van der Waals surface area contributed by atoms with Crippen LogP contribution in [0.3, 0.4) is 0 Å². The van der Waals surface area contributed by atoms with Crippen LogP contribution in [-0.4, -0.2) is 36.5 Å². The molecule has 1 saturated carbocycles. The van der Waals surface area contributed by atoms with Crippen molar-refractivity contribution >= 4 is 5.91 Å². The van der Waals surface area contributed by atoms with Gasteiger partial charge in [0, 0.05) is 6.04 Å². The van der Waals surface area contributed by atoms with Gasteiger partial charge in [-0.25, -0.2) is 0 Å². The minimum Gasteiger partial charge on any atom is -0.352 e. The number of hydrogen-bond donors (Lipinski definition) is 1. The Hall–Kier alpha value is -0.570. The van der Waals surface area contributed by atoms with E-state index in [2.05, 4.69) is 24.1 Å². The highest BCUT2D eigenvalue weighted by atomic mass is 16.2. The molecule has 0 aromatic rings. The molecule has 3 nitrogen and oxygen atoms in total. The highest BCUT2D eigenvalue weighted by molar-refractivity contribution is 5.78. The van der Waals surface area contributed by atoms with Crippen LogP contribution in [-0.2, 0) is 4.79 Å². The molecule has 1 aliphatic heterocycles. The van der Waals surface area contributed by atoms with E-state index >= 15 is 0 Å². The third kappa shape index (κ3) is 4.27. The van der Waals surface area contributed by atoms with Gasteiger partial charge in [0.25, 0.3) is 0 Å². The lowest BCUT2D eigenvalue weighted by atomic mass is 9.87. The van der Waals surface area contributed by atoms with E-state index in [4.69, 9.17) is 0 Å². The fraction of sp³-hybridized carbons (Fsp3) is 0.933. The molecule has 2 atom stereocenters. The Kier molecular flexibility index (Phi) is 5.04. The first-order valence-electron chi connectivity index (χ1n) is 7.65. The molecule has 2 unspecified atom stereocenters. The van der Waals surface area contributed by atoms with Crippen LogP contribution in [0.2, 0.25) is 0 Å². The lowest BCUT2D eigenvalue weighted by Crippen LogP contribution is -2.45. The van der Waals surface area contributed by atoms with Crippen molar-refractivity contribution in [2.75, 3.05) is 19.6 Å². The molecule has 1 N–H and O–H groups in total. The van der Waals surface area contributed by atoms with Gasteiger partial charge in [0.05, 0.1) is 6.54 Å². The SMILES string of the molecule is CC1CCN(CC(=O)NC2CCCC(C)C2)CC1. The van der Waals surface area contributed by atoms with Crippen LogP contribution < -0.4 is 5.32 Å². The first-order valence-corrected chi connectivity index (χ1v) is 7.65. The van der Waals surface area contributed by atoms with E-state index in [1.807, 2.05) is 0 Å². The summed E-state index contributed by atoms with van der Waals surface area (Å²) in [5.41, 5.74) is 0. The Balaban J connectivity index is 1.68. The van der Waals surface area contributed by atoms with Gasteiger partial charge < -0.3 is 5.32 Å². The van der Waals surface area contributed by atoms with Gasteiger partial charge in [-0.15, -0.1) is 0 Å². The van der Waals surface area contributed by atoms with Gasteiger partial charge in [0.1, 0.15) is 0 Å². The highest BCUT2D eigenvalue weighted by Gasteiger charge is 2.22. The zero-order valence-corrected chi connectivity index (χ0v) is 12.0. The summed E-state index contributed by atoms with van der Waals surface area (Å²) in [5.74, 6) is 1.85. The molecule has 3 heteroatoms. The second kappa shape index (κ2) is 6.55. The van der Waals surface area contributed by atoms with Crippen molar-refractivity contribution in [3.63, 3.8) is 0 Å². The largest absolute Gasteiger partial charge is 0.352 e. The maximum Gasteiger partial charge on any atom is 0.234 e. The van der Waals surface area contributed by atoms with E-state index in [1.165, 1.54) is 38.5 Å². The van der Waals surface area contributed by atoms with Gasteiger partial charge in [-0.05, 0) is 50.6 Å². The molecule has 2 aliphatic rings. The van der Waals surface area contributed by atoms with E-state index in [0.717, 1.165) is 24.9 Å². The minimum absolute atomic E-state index is 0.239. The molecule has 0 aromatic carbocycles. The molecular weight excluding hydrogens is 224 g/mol. The van der Waals surface area contributed by atoms with Crippen molar-refractivity contribution in [2.45, 2.75) is 58.4 Å². The molecule has 0 bridgehead atoms. The average molecular weight is 252 g/mol. The lowest BCUT2D eigenvalue weighted by molar-refractivity contribution is -0.123. The Morgan fingerprint density at radius 2 is 1.83 bits per heavy atom. The quantitative estimate of drug-likeness (QED) is 0.836. The number of piperidine rings is 1. The Morgan fingerprint density at radius 1 is 1.11 bits per heavy atom. The zero-order valence-electron chi connectivity index (χ0n) is 12.0. The predicted octanol–water partition coefficient (Wildman–Crippen LogP) is 2.41. The second-order valence-electron chi connectivity index (χ2n) is 6.49. The van der Waals surface area contributed by atoms with E-state index in [9.17, 15) is 4.79 Å². The van der Waals surface area contributed by atoms with Gasteiger partial charge in [0.2, 0.25) is 5.91 Å². The lowest BCUT2D eigenvalue weighted by Gasteiger charge is -2.31. The van der Waals surface area contributed by atoms with Crippen molar-refractivity contribution < 1.29 is 4.79 Å². The van der Waals surface area contributed by atoms with Gasteiger partial charge in [-0.1, -0.05) is 26.7 Å². The molecule has 1 aliphatic carbocycles. The summed E-state index contributed by atoms with van der Waals surface area (Å²) in [5, 5.41) is 3.23. The monoisotopic (exact) mass is 252 g/mol. The number of hydrogen-bond acceptors (Lipinski definition) is 2. The van der Waals surface area contributed by atoms with Crippen molar-refractivity contribution in [2.24, 2.45) is 11.8 Å². The number of nitrogens with zero attached hydrogens (tertiary/aromatic N) is 1. The summed E-state index contributed by atoms with van der Waals surface area (Å²) in [7, 11) is 0. The van der Waals surface area contributed by atoms with Gasteiger partial charge in [-0.2, -0.15) is 0 Å². The normalized spacial score (nSPS) is 31.2. The smallest absolute Gasteiger partial charge is 0.234 e. The van der Waals surface area contributed by atoms with Crippen LogP contribution in [0, 0.1) is 11.8 Å². The summed E-state index contributed by atoms with van der Waals surface area (Å²) >= 11 is 0. The van der Waals surface area contributed by atoms with Gasteiger partial charge >= 0.3 is 0 Å². The molecule has 18 heavy (non-hydrogen) atoms. The first-order chi connectivity index (χ1) is 8.63. The van der Waals surface area contributed by atoms with E-state index in [0.29, 0.717) is 12.6 Å². The van der Waals surface area contributed by atoms with Gasteiger partial charge in [0.15, 0.2) is 0 Å². The molecule has 0 aromatic heterocycles. The van der Waals surface area contributed by atoms with Crippen LogP contribution in [0.25, 0.3) is 0 Å². The summed E-state index contributed by atoms with van der Waals surface area (Å²) in [6.45, 7) is 7.40. The van der Waals surface area contributed by atoms with E-state index in [-0.39, 0.29) is 5.91 Å². The minimum atomic E-state index is 0.239. The Labute approximate surface area is 111 Å². The third-order valence-corrected chi connectivity index (χ3v) is 4.54. The Bertz CT molecular complexity index is 272. The van der Waals surface area contributed by atoms with Crippen LogP contribution in [0.4, 0.5) is 0 Å². The average Bonchev–Trinajstić information content (AvgIpc) is 2.32. The molecule has 0 radical (unpaired) electrons. The summed E-state index contributed by atoms with van der Waals surface area (Å²) in [6, 6.07) is 0.435. The first kappa shape index (κ1) is 13.9. The summed E-state index contributed by atoms with van der Waals surface area (Å²) in [6.07, 6.45) is 7.43. The maximum atomic E-state index is 12.0. The number of carbonyl (C=O) groups excluding carboxylic acids is 1. The zero-order chi connectivity index (χ0) is 13.0. The molecule has 2 fully saturated rings. The van der Waals surface area contributed by atoms with Crippen LogP contribution in [0.5, 0.6) is 0 Å². The fourth-order valence-corrected chi connectivity index (χ4v) is 3.26. The standard InChI is InChI=1S/C15H28N2O/c1-12-6-8-17(9-7-12)11-15(18)16-14-5-3-4-13(2)10-14/h12-14H,3-11H2,1-2H3,(H,16,18). The maximum absolute atomic E-state index is 12.0. The number of likely N-dealkylation sites (tertiary alicyclic amines) is 1. The molecule has 1 heterocycles. The van der Waals surface area contributed by atoms with Crippen molar-refractivity contribution in [3.8, 4) is 0 Å². The molecule has 0 spiro atoms. The number of amides is 1. The third-order valence-electron chi connectivity index (χ3n) is 4.54.